The summed E-state index contributed by atoms with van der Waals surface area (Å²) in [6.45, 7) is 8.03. The average Bonchev–Trinajstić information content (AvgIpc) is 3.12. The van der Waals surface area contributed by atoms with Gasteiger partial charge in [0, 0.05) is 33.5 Å². The van der Waals surface area contributed by atoms with Gasteiger partial charge in [0.05, 0.1) is 6.10 Å². The van der Waals surface area contributed by atoms with Gasteiger partial charge in [-0.3, -0.25) is 4.79 Å². The molecule has 4 nitrogen and oxygen atoms in total. The fraction of sp³-hybridized carbons (Fsp3) is 0.480. The van der Waals surface area contributed by atoms with Crippen molar-refractivity contribution >= 4 is 50.2 Å². The zero-order valence-electron chi connectivity index (χ0n) is 18.6. The Morgan fingerprint density at radius 2 is 1.88 bits per heavy atom. The Morgan fingerprint density at radius 1 is 1.16 bits per heavy atom. The molecule has 2 heterocycles. The second kappa shape index (κ2) is 10.8. The molecular weight excluding hydrogens is 508 g/mol. The Kier molecular flexibility index (Phi) is 8.09. The standard InChI is InChI=1S/C25H30BrClN2O2S/c1-17(2)31-22-7-8-24(26)19(14-22)13-18-9-11-28(12-10-18)15-23-16-29(25(30)32-23)21-5-3-20(27)4-6-21/h3-8,14,17-18,23H,9-13,15-16H2,1-2H3. The van der Waals surface area contributed by atoms with Crippen molar-refractivity contribution < 1.29 is 9.53 Å². The number of hydrogen-bond donors (Lipinski definition) is 0. The third kappa shape index (κ3) is 6.22. The van der Waals surface area contributed by atoms with Crippen LogP contribution in [0.1, 0.15) is 32.3 Å². The molecule has 4 rings (SSSR count). The maximum Gasteiger partial charge on any atom is 0.286 e. The lowest BCUT2D eigenvalue weighted by Gasteiger charge is -2.33. The normalized spacial score (nSPS) is 20.3. The lowest BCUT2D eigenvalue weighted by Crippen LogP contribution is -2.39. The van der Waals surface area contributed by atoms with Crippen molar-refractivity contribution in [3.63, 3.8) is 0 Å². The summed E-state index contributed by atoms with van der Waals surface area (Å²) in [5.74, 6) is 1.63. The number of carbonyl (C=O) groups is 1. The van der Waals surface area contributed by atoms with Crippen LogP contribution in [0.15, 0.2) is 46.9 Å². The van der Waals surface area contributed by atoms with Crippen molar-refractivity contribution in [2.75, 3.05) is 31.1 Å². The van der Waals surface area contributed by atoms with E-state index < -0.39 is 0 Å². The first-order chi connectivity index (χ1) is 15.4. The Bertz CT molecular complexity index is 932. The first kappa shape index (κ1) is 23.9. The molecule has 1 atom stereocenters. The molecule has 0 N–H and O–H groups in total. The molecule has 0 bridgehead atoms. The molecule has 7 heteroatoms. The van der Waals surface area contributed by atoms with Crippen LogP contribution in [0.4, 0.5) is 10.5 Å². The van der Waals surface area contributed by atoms with E-state index in [1.165, 1.54) is 34.6 Å². The van der Waals surface area contributed by atoms with E-state index in [2.05, 4.69) is 46.8 Å². The molecule has 2 fully saturated rings. The maximum atomic E-state index is 12.5. The molecule has 0 aromatic heterocycles. The van der Waals surface area contributed by atoms with E-state index >= 15 is 0 Å². The summed E-state index contributed by atoms with van der Waals surface area (Å²) in [5.41, 5.74) is 2.26. The Hall–Kier alpha value is -1.21. The highest BCUT2D eigenvalue weighted by Gasteiger charge is 2.33. The molecule has 2 aromatic rings. The largest absolute Gasteiger partial charge is 0.491 e. The van der Waals surface area contributed by atoms with Crippen LogP contribution in [0.5, 0.6) is 5.75 Å². The second-order valence-corrected chi connectivity index (χ2v) is 11.5. The van der Waals surface area contributed by atoms with Gasteiger partial charge in [-0.1, -0.05) is 39.3 Å². The number of ether oxygens (including phenoxy) is 1. The van der Waals surface area contributed by atoms with E-state index in [1.807, 2.05) is 35.2 Å². The van der Waals surface area contributed by atoms with Gasteiger partial charge in [0.15, 0.2) is 0 Å². The van der Waals surface area contributed by atoms with E-state index in [0.717, 1.165) is 44.0 Å². The van der Waals surface area contributed by atoms with Gasteiger partial charge in [0.25, 0.3) is 5.24 Å². The van der Waals surface area contributed by atoms with Crippen LogP contribution < -0.4 is 9.64 Å². The van der Waals surface area contributed by atoms with Crippen molar-refractivity contribution in [1.29, 1.82) is 0 Å². The van der Waals surface area contributed by atoms with Gasteiger partial charge in [0.1, 0.15) is 5.75 Å². The molecule has 1 amide bonds. The van der Waals surface area contributed by atoms with Crippen molar-refractivity contribution in [3.05, 3.63) is 57.5 Å². The summed E-state index contributed by atoms with van der Waals surface area (Å²) in [6, 6.07) is 13.9. The van der Waals surface area contributed by atoms with Crippen LogP contribution >= 0.6 is 39.3 Å². The highest BCUT2D eigenvalue weighted by atomic mass is 79.9. The van der Waals surface area contributed by atoms with Crippen molar-refractivity contribution in [1.82, 2.24) is 4.90 Å². The highest BCUT2D eigenvalue weighted by molar-refractivity contribution is 9.10. The van der Waals surface area contributed by atoms with Gasteiger partial charge in [-0.25, -0.2) is 0 Å². The molecular formula is C25H30BrClN2O2S. The molecule has 1 unspecified atom stereocenters. The molecule has 0 radical (unpaired) electrons. The minimum absolute atomic E-state index is 0.139. The molecule has 0 saturated carbocycles. The molecule has 2 aromatic carbocycles. The van der Waals surface area contributed by atoms with Gasteiger partial charge in [-0.2, -0.15) is 0 Å². The number of carbonyl (C=O) groups excluding carboxylic acids is 1. The zero-order chi connectivity index (χ0) is 22.7. The predicted molar refractivity (Wildman–Crippen MR) is 138 cm³/mol. The maximum absolute atomic E-state index is 12.5. The molecule has 172 valence electrons. The van der Waals surface area contributed by atoms with Crippen LogP contribution in [0.2, 0.25) is 5.02 Å². The third-order valence-corrected chi connectivity index (χ3v) is 8.16. The van der Waals surface area contributed by atoms with Crippen molar-refractivity contribution in [2.24, 2.45) is 5.92 Å². The fourth-order valence-electron chi connectivity index (χ4n) is 4.47. The number of hydrogen-bond acceptors (Lipinski definition) is 4. The summed E-state index contributed by atoms with van der Waals surface area (Å²) < 4.78 is 7.04. The SMILES string of the molecule is CC(C)Oc1ccc(Br)c(CC2CCN(CC3CN(c4ccc(Cl)cc4)C(=O)S3)CC2)c1. The van der Waals surface area contributed by atoms with Crippen molar-refractivity contribution in [3.8, 4) is 5.75 Å². The number of anilines is 1. The Morgan fingerprint density at radius 3 is 2.56 bits per heavy atom. The number of likely N-dealkylation sites (tertiary alicyclic amines) is 1. The molecule has 2 saturated heterocycles. The fourth-order valence-corrected chi connectivity index (χ4v) is 6.11. The van der Waals surface area contributed by atoms with Gasteiger partial charge in [-0.05, 0) is 100 Å². The number of thioether (sulfide) groups is 1. The number of rotatable bonds is 7. The third-order valence-electron chi connectivity index (χ3n) is 6.08. The van der Waals surface area contributed by atoms with Crippen LogP contribution in [0.3, 0.4) is 0 Å². The minimum atomic E-state index is 0.139. The summed E-state index contributed by atoms with van der Waals surface area (Å²) in [6.07, 6.45) is 3.63. The van der Waals surface area contributed by atoms with Crippen LogP contribution in [0, 0.1) is 5.92 Å². The lowest BCUT2D eigenvalue weighted by molar-refractivity contribution is 0.185. The van der Waals surface area contributed by atoms with Crippen LogP contribution in [0.25, 0.3) is 0 Å². The van der Waals surface area contributed by atoms with E-state index in [9.17, 15) is 4.79 Å². The average molecular weight is 538 g/mol. The monoisotopic (exact) mass is 536 g/mol. The summed E-state index contributed by atoms with van der Waals surface area (Å²) in [4.78, 5) is 16.9. The zero-order valence-corrected chi connectivity index (χ0v) is 21.8. The first-order valence-corrected chi connectivity index (χ1v) is 13.3. The molecule has 2 aliphatic heterocycles. The van der Waals surface area contributed by atoms with Gasteiger partial charge >= 0.3 is 0 Å². The van der Waals surface area contributed by atoms with Gasteiger partial charge in [-0.15, -0.1) is 0 Å². The smallest absolute Gasteiger partial charge is 0.286 e. The number of nitrogens with zero attached hydrogens (tertiary/aromatic N) is 2. The Labute approximate surface area is 208 Å². The lowest BCUT2D eigenvalue weighted by atomic mass is 9.90. The predicted octanol–water partition coefficient (Wildman–Crippen LogP) is 6.89. The van der Waals surface area contributed by atoms with Gasteiger partial charge in [0.2, 0.25) is 0 Å². The topological polar surface area (TPSA) is 32.8 Å². The number of amides is 1. The molecule has 0 aliphatic carbocycles. The number of piperidine rings is 1. The summed E-state index contributed by atoms with van der Waals surface area (Å²) in [5, 5.41) is 1.15. The molecule has 32 heavy (non-hydrogen) atoms. The van der Waals surface area contributed by atoms with E-state index in [4.69, 9.17) is 16.3 Å². The van der Waals surface area contributed by atoms with E-state index in [-0.39, 0.29) is 11.3 Å². The highest BCUT2D eigenvalue weighted by Crippen LogP contribution is 2.33. The number of halogens is 2. The second-order valence-electron chi connectivity index (χ2n) is 8.96. The van der Waals surface area contributed by atoms with E-state index in [0.29, 0.717) is 16.2 Å². The molecule has 2 aliphatic rings. The summed E-state index contributed by atoms with van der Waals surface area (Å²) >= 11 is 11.2. The van der Waals surface area contributed by atoms with Crippen LogP contribution in [-0.4, -0.2) is 47.7 Å². The molecule has 0 spiro atoms. The summed E-state index contributed by atoms with van der Waals surface area (Å²) in [7, 11) is 0. The first-order valence-electron chi connectivity index (χ1n) is 11.3. The number of benzene rings is 2. The van der Waals surface area contributed by atoms with Gasteiger partial charge < -0.3 is 14.5 Å². The van der Waals surface area contributed by atoms with Crippen LogP contribution in [-0.2, 0) is 6.42 Å². The minimum Gasteiger partial charge on any atom is -0.491 e. The van der Waals surface area contributed by atoms with E-state index in [1.54, 1.807) is 0 Å². The Balaban J connectivity index is 1.27. The van der Waals surface area contributed by atoms with Crippen molar-refractivity contribution in [2.45, 2.75) is 44.5 Å². The quantitative estimate of drug-likeness (QED) is 0.385.